The number of benzene rings is 2. The maximum Gasteiger partial charge on any atom is 0.416 e. The highest BCUT2D eigenvalue weighted by Gasteiger charge is 2.30. The molecule has 2 aromatic rings. The van der Waals surface area contributed by atoms with Crippen molar-refractivity contribution in [1.29, 1.82) is 0 Å². The summed E-state index contributed by atoms with van der Waals surface area (Å²) in [6, 6.07) is 9.42. The van der Waals surface area contributed by atoms with Gasteiger partial charge in [-0.2, -0.15) is 13.2 Å². The highest BCUT2D eigenvalue weighted by molar-refractivity contribution is 5.90. The van der Waals surface area contributed by atoms with Gasteiger partial charge < -0.3 is 5.11 Å². The molecule has 0 unspecified atom stereocenters. The molecule has 2 rings (SSSR count). The molecular weight excluding hydrogens is 269 g/mol. The molecule has 0 fully saturated rings. The Balaban J connectivity index is 2.47. The van der Waals surface area contributed by atoms with E-state index in [-0.39, 0.29) is 5.56 Å². The number of halogens is 3. The largest absolute Gasteiger partial charge is 0.478 e. The SMILES string of the molecule is Cc1cc(-c2cccc(C(F)(F)F)c2)ccc1C(=O)O. The van der Waals surface area contributed by atoms with Crippen LogP contribution in [0.2, 0.25) is 0 Å². The summed E-state index contributed by atoms with van der Waals surface area (Å²) in [5.74, 6) is -1.06. The summed E-state index contributed by atoms with van der Waals surface area (Å²) in [6.07, 6.45) is -4.40. The number of carbonyl (C=O) groups is 1. The molecule has 0 radical (unpaired) electrons. The first kappa shape index (κ1) is 14.1. The number of hydrogen-bond donors (Lipinski definition) is 1. The summed E-state index contributed by atoms with van der Waals surface area (Å²) in [6.45, 7) is 1.61. The van der Waals surface area contributed by atoms with Crippen molar-refractivity contribution in [1.82, 2.24) is 0 Å². The van der Waals surface area contributed by atoms with Gasteiger partial charge in [-0.05, 0) is 41.8 Å². The van der Waals surface area contributed by atoms with Gasteiger partial charge in [-0.15, -0.1) is 0 Å². The van der Waals surface area contributed by atoms with Crippen LogP contribution in [0.3, 0.4) is 0 Å². The van der Waals surface area contributed by atoms with E-state index in [9.17, 15) is 18.0 Å². The van der Waals surface area contributed by atoms with Gasteiger partial charge in [0.05, 0.1) is 11.1 Å². The van der Waals surface area contributed by atoms with E-state index in [2.05, 4.69) is 0 Å². The molecule has 0 saturated carbocycles. The van der Waals surface area contributed by atoms with Crippen LogP contribution in [0.15, 0.2) is 42.5 Å². The van der Waals surface area contributed by atoms with E-state index in [0.29, 0.717) is 16.7 Å². The Kier molecular flexibility index (Phi) is 3.53. The molecule has 0 bridgehead atoms. The second kappa shape index (κ2) is 5.00. The lowest BCUT2D eigenvalue weighted by Gasteiger charge is -2.10. The van der Waals surface area contributed by atoms with Gasteiger partial charge in [-0.25, -0.2) is 4.79 Å². The smallest absolute Gasteiger partial charge is 0.416 e. The molecule has 2 nitrogen and oxygen atoms in total. The fraction of sp³-hybridized carbons (Fsp3) is 0.133. The Morgan fingerprint density at radius 3 is 2.25 bits per heavy atom. The molecule has 0 saturated heterocycles. The minimum absolute atomic E-state index is 0.140. The Labute approximate surface area is 113 Å². The number of carboxylic acids is 1. The minimum Gasteiger partial charge on any atom is -0.478 e. The first-order valence-corrected chi connectivity index (χ1v) is 5.80. The Hall–Kier alpha value is -2.30. The molecule has 0 spiro atoms. The monoisotopic (exact) mass is 280 g/mol. The van der Waals surface area contributed by atoms with Gasteiger partial charge in [-0.1, -0.05) is 24.3 Å². The zero-order valence-corrected chi connectivity index (χ0v) is 10.5. The van der Waals surface area contributed by atoms with Gasteiger partial charge in [0.1, 0.15) is 0 Å². The number of carboxylic acid groups (broad SMARTS) is 1. The summed E-state index contributed by atoms with van der Waals surface area (Å²) in [4.78, 5) is 10.9. The first-order chi connectivity index (χ1) is 9.29. The molecule has 2 aromatic carbocycles. The van der Waals surface area contributed by atoms with E-state index in [1.54, 1.807) is 19.1 Å². The van der Waals surface area contributed by atoms with E-state index in [0.717, 1.165) is 12.1 Å². The summed E-state index contributed by atoms with van der Waals surface area (Å²) in [5, 5.41) is 8.93. The molecular formula is C15H11F3O2. The van der Waals surface area contributed by atoms with Gasteiger partial charge >= 0.3 is 12.1 Å². The predicted octanol–water partition coefficient (Wildman–Crippen LogP) is 4.38. The molecule has 0 aliphatic heterocycles. The Morgan fingerprint density at radius 1 is 1.05 bits per heavy atom. The maximum atomic E-state index is 12.7. The third-order valence-electron chi connectivity index (χ3n) is 2.98. The number of rotatable bonds is 2. The van der Waals surface area contributed by atoms with Gasteiger partial charge in [0.15, 0.2) is 0 Å². The van der Waals surface area contributed by atoms with E-state index >= 15 is 0 Å². The van der Waals surface area contributed by atoms with E-state index in [1.807, 2.05) is 0 Å². The van der Waals surface area contributed by atoms with Crippen molar-refractivity contribution in [3.63, 3.8) is 0 Å². The van der Waals surface area contributed by atoms with E-state index in [1.165, 1.54) is 18.2 Å². The molecule has 0 atom stereocenters. The molecule has 5 heteroatoms. The van der Waals surface area contributed by atoms with Gasteiger partial charge in [0.25, 0.3) is 0 Å². The summed E-state index contributed by atoms with van der Waals surface area (Å²) in [7, 11) is 0. The van der Waals surface area contributed by atoms with E-state index < -0.39 is 17.7 Å². The molecule has 1 N–H and O–H groups in total. The molecule has 0 aliphatic carbocycles. The number of hydrogen-bond acceptors (Lipinski definition) is 1. The lowest BCUT2D eigenvalue weighted by molar-refractivity contribution is -0.137. The lowest BCUT2D eigenvalue weighted by Crippen LogP contribution is -2.04. The van der Waals surface area contributed by atoms with E-state index in [4.69, 9.17) is 5.11 Å². The fourth-order valence-corrected chi connectivity index (χ4v) is 1.96. The molecule has 0 aromatic heterocycles. The maximum absolute atomic E-state index is 12.7. The highest BCUT2D eigenvalue weighted by atomic mass is 19.4. The van der Waals surface area contributed by atoms with Crippen molar-refractivity contribution in [2.75, 3.05) is 0 Å². The third kappa shape index (κ3) is 2.82. The third-order valence-corrected chi connectivity index (χ3v) is 2.98. The van der Waals surface area contributed by atoms with Gasteiger partial charge in [0, 0.05) is 0 Å². The Morgan fingerprint density at radius 2 is 1.70 bits per heavy atom. The predicted molar refractivity (Wildman–Crippen MR) is 68.6 cm³/mol. The molecule has 0 heterocycles. The van der Waals surface area contributed by atoms with Crippen LogP contribution in [0.5, 0.6) is 0 Å². The van der Waals surface area contributed by atoms with Crippen molar-refractivity contribution in [3.8, 4) is 11.1 Å². The molecule has 0 amide bonds. The quantitative estimate of drug-likeness (QED) is 0.886. The van der Waals surface area contributed by atoms with Crippen molar-refractivity contribution in [2.45, 2.75) is 13.1 Å². The van der Waals surface area contributed by atoms with Crippen LogP contribution < -0.4 is 0 Å². The average molecular weight is 280 g/mol. The second-order valence-corrected chi connectivity index (χ2v) is 4.41. The molecule has 20 heavy (non-hydrogen) atoms. The first-order valence-electron chi connectivity index (χ1n) is 5.80. The average Bonchev–Trinajstić information content (AvgIpc) is 2.37. The van der Waals surface area contributed by atoms with Crippen LogP contribution in [0.1, 0.15) is 21.5 Å². The van der Waals surface area contributed by atoms with Crippen LogP contribution in [-0.4, -0.2) is 11.1 Å². The van der Waals surface area contributed by atoms with Gasteiger partial charge in [0.2, 0.25) is 0 Å². The lowest BCUT2D eigenvalue weighted by atomic mass is 9.98. The standard InChI is InChI=1S/C15H11F3O2/c1-9-7-11(5-6-13(9)14(19)20)10-3-2-4-12(8-10)15(16,17)18/h2-8H,1H3,(H,19,20). The summed E-state index contributed by atoms with van der Waals surface area (Å²) < 4.78 is 38.0. The minimum atomic E-state index is -4.40. The highest BCUT2D eigenvalue weighted by Crippen LogP contribution is 2.32. The summed E-state index contributed by atoms with van der Waals surface area (Å²) in [5.41, 5.74) is 0.876. The van der Waals surface area contributed by atoms with Crippen LogP contribution in [0, 0.1) is 6.92 Å². The normalized spacial score (nSPS) is 11.4. The topological polar surface area (TPSA) is 37.3 Å². The van der Waals surface area contributed by atoms with Crippen molar-refractivity contribution in [3.05, 3.63) is 59.2 Å². The van der Waals surface area contributed by atoms with Crippen molar-refractivity contribution < 1.29 is 23.1 Å². The van der Waals surface area contributed by atoms with Crippen LogP contribution in [-0.2, 0) is 6.18 Å². The molecule has 0 aliphatic rings. The fourth-order valence-electron chi connectivity index (χ4n) is 1.96. The van der Waals surface area contributed by atoms with Gasteiger partial charge in [-0.3, -0.25) is 0 Å². The van der Waals surface area contributed by atoms with Crippen molar-refractivity contribution >= 4 is 5.97 Å². The second-order valence-electron chi connectivity index (χ2n) is 4.41. The van der Waals surface area contributed by atoms with Crippen LogP contribution in [0.4, 0.5) is 13.2 Å². The van der Waals surface area contributed by atoms with Crippen LogP contribution >= 0.6 is 0 Å². The van der Waals surface area contributed by atoms with Crippen molar-refractivity contribution in [2.24, 2.45) is 0 Å². The number of aromatic carboxylic acids is 1. The number of aryl methyl sites for hydroxylation is 1. The number of alkyl halides is 3. The zero-order chi connectivity index (χ0) is 14.9. The Bertz CT molecular complexity index is 660. The van der Waals surface area contributed by atoms with Crippen LogP contribution in [0.25, 0.3) is 11.1 Å². The zero-order valence-electron chi connectivity index (χ0n) is 10.5. The molecule has 104 valence electrons. The summed E-state index contributed by atoms with van der Waals surface area (Å²) >= 11 is 0.